The summed E-state index contributed by atoms with van der Waals surface area (Å²) in [5.74, 6) is -1.35. The van der Waals surface area contributed by atoms with Crippen LogP contribution in [0.25, 0.3) is 0 Å². The summed E-state index contributed by atoms with van der Waals surface area (Å²) in [4.78, 5) is 24.6. The molecule has 9 heteroatoms. The molecule has 5 nitrogen and oxygen atoms in total. The van der Waals surface area contributed by atoms with Gasteiger partial charge >= 0.3 is 12.3 Å². The van der Waals surface area contributed by atoms with Crippen LogP contribution >= 0.6 is 22.6 Å². The number of halogens is 4. The van der Waals surface area contributed by atoms with Crippen molar-refractivity contribution in [1.29, 1.82) is 0 Å². The molecule has 0 atom stereocenters. The Bertz CT molecular complexity index is 526. The van der Waals surface area contributed by atoms with Crippen LogP contribution in [-0.4, -0.2) is 23.9 Å². The van der Waals surface area contributed by atoms with Gasteiger partial charge in [-0.1, -0.05) is 0 Å². The van der Waals surface area contributed by atoms with E-state index in [-0.39, 0.29) is 15.9 Å². The molecule has 1 heterocycles. The van der Waals surface area contributed by atoms with E-state index in [0.717, 1.165) is 6.07 Å². The molecular weight excluding hydrogens is 382 g/mol. The van der Waals surface area contributed by atoms with E-state index in [9.17, 15) is 22.8 Å². The van der Waals surface area contributed by atoms with Crippen LogP contribution in [0.2, 0.25) is 0 Å². The summed E-state index contributed by atoms with van der Waals surface area (Å²) in [5, 5.41) is 0. The van der Waals surface area contributed by atoms with E-state index in [4.69, 9.17) is 0 Å². The number of carbonyl (C=O) groups is 1. The van der Waals surface area contributed by atoms with Gasteiger partial charge in [0.1, 0.15) is 0 Å². The minimum absolute atomic E-state index is 0.0435. The molecule has 0 saturated carbocycles. The number of esters is 1. The zero-order valence-electron chi connectivity index (χ0n) is 9.64. The molecule has 1 N–H and O–H groups in total. The first-order valence-electron chi connectivity index (χ1n) is 5.06. The molecule has 0 amide bonds. The minimum Gasteiger partial charge on any atom is -0.466 e. The van der Waals surface area contributed by atoms with E-state index >= 15 is 0 Å². The maximum absolute atomic E-state index is 12.3. The molecule has 0 saturated heterocycles. The lowest BCUT2D eigenvalue weighted by atomic mass is 10.2. The summed E-state index contributed by atoms with van der Waals surface area (Å²) in [7, 11) is 0. The van der Waals surface area contributed by atoms with Crippen LogP contribution in [0.1, 0.15) is 12.6 Å². The van der Waals surface area contributed by atoms with Gasteiger partial charge in [0, 0.05) is 6.07 Å². The summed E-state index contributed by atoms with van der Waals surface area (Å²) >= 11 is 1.52. The number of aromatic amines is 1. The highest BCUT2D eigenvalue weighted by atomic mass is 127. The topological polar surface area (TPSA) is 68.4 Å². The highest BCUT2D eigenvalue weighted by molar-refractivity contribution is 14.1. The lowest BCUT2D eigenvalue weighted by Crippen LogP contribution is -2.23. The van der Waals surface area contributed by atoms with Crippen molar-refractivity contribution in [3.63, 3.8) is 0 Å². The van der Waals surface area contributed by atoms with Crippen molar-refractivity contribution < 1.29 is 27.4 Å². The average molecular weight is 391 g/mol. The van der Waals surface area contributed by atoms with Gasteiger partial charge in [-0.3, -0.25) is 9.59 Å². The zero-order valence-corrected chi connectivity index (χ0v) is 11.8. The molecule has 0 aliphatic carbocycles. The van der Waals surface area contributed by atoms with Crippen LogP contribution in [0.5, 0.6) is 5.75 Å². The quantitative estimate of drug-likeness (QED) is 0.630. The molecule has 0 fully saturated rings. The third-order valence-corrected chi connectivity index (χ3v) is 2.67. The van der Waals surface area contributed by atoms with Crippen molar-refractivity contribution in [2.24, 2.45) is 0 Å². The molecule has 19 heavy (non-hydrogen) atoms. The molecule has 106 valence electrons. The Balaban J connectivity index is 3.13. The molecule has 0 unspecified atom stereocenters. The van der Waals surface area contributed by atoms with Crippen LogP contribution in [0.15, 0.2) is 10.9 Å². The molecular formula is C10H9F3INO4. The van der Waals surface area contributed by atoms with Gasteiger partial charge in [-0.05, 0) is 29.5 Å². The Kier molecular flexibility index (Phi) is 5.20. The van der Waals surface area contributed by atoms with E-state index in [1.807, 2.05) is 0 Å². The standard InChI is InChI=1S/C10H9F3INO4/c1-2-18-8(17)4-6-9(19-10(11,12)13)5(14)3-7(16)15-6/h3H,2,4H2,1H3,(H,15,16). The van der Waals surface area contributed by atoms with Crippen LogP contribution in [0.4, 0.5) is 13.2 Å². The highest BCUT2D eigenvalue weighted by Gasteiger charge is 2.33. The van der Waals surface area contributed by atoms with E-state index < -0.39 is 30.1 Å². The Morgan fingerprint density at radius 1 is 1.47 bits per heavy atom. The van der Waals surface area contributed by atoms with Crippen molar-refractivity contribution in [2.45, 2.75) is 19.7 Å². The summed E-state index contributed by atoms with van der Waals surface area (Å²) in [6.45, 7) is 1.64. The molecule has 1 aromatic rings. The van der Waals surface area contributed by atoms with Crippen LogP contribution in [-0.2, 0) is 16.0 Å². The molecule has 0 radical (unpaired) electrons. The lowest BCUT2D eigenvalue weighted by molar-refractivity contribution is -0.275. The number of carbonyl (C=O) groups excluding carboxylic acids is 1. The van der Waals surface area contributed by atoms with Crippen LogP contribution < -0.4 is 10.3 Å². The number of nitrogens with one attached hydrogen (secondary N) is 1. The maximum Gasteiger partial charge on any atom is 0.573 e. The van der Waals surface area contributed by atoms with Gasteiger partial charge in [0.25, 0.3) is 0 Å². The van der Waals surface area contributed by atoms with E-state index in [0.29, 0.717) is 0 Å². The van der Waals surface area contributed by atoms with Crippen molar-refractivity contribution >= 4 is 28.6 Å². The van der Waals surface area contributed by atoms with Gasteiger partial charge in [0.2, 0.25) is 5.56 Å². The number of H-pyrrole nitrogens is 1. The van der Waals surface area contributed by atoms with Crippen molar-refractivity contribution in [3.05, 3.63) is 25.7 Å². The average Bonchev–Trinajstić information content (AvgIpc) is 2.22. The number of rotatable bonds is 4. The zero-order chi connectivity index (χ0) is 14.6. The number of pyridine rings is 1. The van der Waals surface area contributed by atoms with Crippen LogP contribution in [0.3, 0.4) is 0 Å². The van der Waals surface area contributed by atoms with Gasteiger partial charge in [-0.15, -0.1) is 13.2 Å². The van der Waals surface area contributed by atoms with Gasteiger partial charge in [0.05, 0.1) is 22.3 Å². The fraction of sp³-hybridized carbons (Fsp3) is 0.400. The molecule has 1 aromatic heterocycles. The molecule has 1 rings (SSSR count). The van der Waals surface area contributed by atoms with Crippen molar-refractivity contribution in [3.8, 4) is 5.75 Å². The van der Waals surface area contributed by atoms with Crippen LogP contribution in [0, 0.1) is 3.57 Å². The monoisotopic (exact) mass is 391 g/mol. The second kappa shape index (κ2) is 6.26. The predicted molar refractivity (Wildman–Crippen MR) is 66.8 cm³/mol. The Hall–Kier alpha value is -1.26. The Morgan fingerprint density at radius 2 is 2.11 bits per heavy atom. The number of hydrogen-bond acceptors (Lipinski definition) is 4. The molecule has 0 aromatic carbocycles. The summed E-state index contributed by atoms with van der Waals surface area (Å²) in [6, 6.07) is 0.941. The maximum atomic E-state index is 12.3. The summed E-state index contributed by atoms with van der Waals surface area (Å²) in [5.41, 5.74) is -0.897. The largest absolute Gasteiger partial charge is 0.573 e. The third kappa shape index (κ3) is 5.09. The van der Waals surface area contributed by atoms with Gasteiger partial charge in [-0.25, -0.2) is 0 Å². The number of hydrogen-bond donors (Lipinski definition) is 1. The number of aromatic nitrogens is 1. The van der Waals surface area contributed by atoms with Gasteiger partial charge in [-0.2, -0.15) is 0 Å². The highest BCUT2D eigenvalue weighted by Crippen LogP contribution is 2.29. The smallest absolute Gasteiger partial charge is 0.466 e. The Morgan fingerprint density at radius 3 is 2.63 bits per heavy atom. The van der Waals surface area contributed by atoms with E-state index in [1.54, 1.807) is 6.92 Å². The first kappa shape index (κ1) is 15.8. The van der Waals surface area contributed by atoms with Gasteiger partial charge in [0.15, 0.2) is 5.75 Å². The first-order valence-corrected chi connectivity index (χ1v) is 6.14. The van der Waals surface area contributed by atoms with E-state index in [2.05, 4.69) is 14.5 Å². The normalized spacial score (nSPS) is 11.2. The SMILES string of the molecule is CCOC(=O)Cc1[nH]c(=O)cc(I)c1OC(F)(F)F. The lowest BCUT2D eigenvalue weighted by Gasteiger charge is -2.14. The van der Waals surface area contributed by atoms with E-state index in [1.165, 1.54) is 22.6 Å². The van der Waals surface area contributed by atoms with Crippen molar-refractivity contribution in [1.82, 2.24) is 4.98 Å². The van der Waals surface area contributed by atoms with Gasteiger partial charge < -0.3 is 14.5 Å². The fourth-order valence-electron chi connectivity index (χ4n) is 1.27. The molecule has 0 aliphatic heterocycles. The first-order chi connectivity index (χ1) is 8.73. The molecule has 0 spiro atoms. The number of ether oxygens (including phenoxy) is 2. The second-order valence-electron chi connectivity index (χ2n) is 3.32. The third-order valence-electron chi connectivity index (χ3n) is 1.87. The fourth-order valence-corrected chi connectivity index (χ4v) is 1.99. The van der Waals surface area contributed by atoms with Crippen molar-refractivity contribution in [2.75, 3.05) is 6.61 Å². The Labute approximate surface area is 119 Å². The summed E-state index contributed by atoms with van der Waals surface area (Å²) in [6.07, 6.45) is -5.42. The summed E-state index contributed by atoms with van der Waals surface area (Å²) < 4.78 is 45.1. The minimum atomic E-state index is -4.92. The molecule has 0 aliphatic rings. The second-order valence-corrected chi connectivity index (χ2v) is 4.48. The molecule has 0 bridgehead atoms. The number of alkyl halides is 3. The predicted octanol–water partition coefficient (Wildman–Crippen LogP) is 1.98.